The molecular formula is C21H20N4O4S. The summed E-state index contributed by atoms with van der Waals surface area (Å²) in [5.74, 6) is 1.89. The first kappa shape index (κ1) is 19.7. The first-order valence-corrected chi connectivity index (χ1v) is 10.1. The Balaban J connectivity index is 1.50. The second-order valence-electron chi connectivity index (χ2n) is 6.38. The predicted octanol–water partition coefficient (Wildman–Crippen LogP) is 3.88. The van der Waals surface area contributed by atoms with Crippen molar-refractivity contribution >= 4 is 28.2 Å². The molecule has 1 unspecified atom stereocenters. The quantitative estimate of drug-likeness (QED) is 0.484. The number of amides is 1. The second kappa shape index (κ2) is 8.42. The topological polar surface area (TPSA) is 87.0 Å². The average molecular weight is 424 g/mol. The number of ether oxygens (including phenoxy) is 3. The van der Waals surface area contributed by atoms with E-state index in [1.165, 1.54) is 11.3 Å². The Morgan fingerprint density at radius 3 is 2.53 bits per heavy atom. The highest BCUT2D eigenvalue weighted by Crippen LogP contribution is 2.32. The van der Waals surface area contributed by atoms with Crippen LogP contribution >= 0.6 is 11.3 Å². The SMILES string of the molecule is COc1ccc(OC(C)C(=O)Nc2nc3scc(-c4ccccc4OC)n3n2)cc1. The third-order valence-corrected chi connectivity index (χ3v) is 5.26. The number of carbonyl (C=O) groups excluding carboxylic acids is 1. The highest BCUT2D eigenvalue weighted by Gasteiger charge is 2.19. The fraction of sp³-hybridized carbons (Fsp3) is 0.190. The van der Waals surface area contributed by atoms with Crippen molar-refractivity contribution in [3.8, 4) is 28.5 Å². The zero-order valence-corrected chi connectivity index (χ0v) is 17.5. The van der Waals surface area contributed by atoms with E-state index in [4.69, 9.17) is 14.2 Å². The van der Waals surface area contributed by atoms with Crippen LogP contribution in [0.5, 0.6) is 17.2 Å². The van der Waals surface area contributed by atoms with Gasteiger partial charge in [-0.25, -0.2) is 4.52 Å². The van der Waals surface area contributed by atoms with Crippen LogP contribution in [-0.4, -0.2) is 40.8 Å². The minimum Gasteiger partial charge on any atom is -0.497 e. The molecule has 0 bridgehead atoms. The number of methoxy groups -OCH3 is 2. The molecule has 9 heteroatoms. The van der Waals surface area contributed by atoms with E-state index in [2.05, 4.69) is 15.4 Å². The molecule has 0 aliphatic carbocycles. The number of thiazole rings is 1. The highest BCUT2D eigenvalue weighted by molar-refractivity contribution is 7.15. The molecule has 4 rings (SSSR count). The van der Waals surface area contributed by atoms with Gasteiger partial charge in [-0.2, -0.15) is 4.98 Å². The van der Waals surface area contributed by atoms with E-state index in [9.17, 15) is 4.79 Å². The van der Waals surface area contributed by atoms with Gasteiger partial charge in [-0.05, 0) is 43.3 Å². The average Bonchev–Trinajstić information content (AvgIpc) is 3.34. The molecule has 2 aromatic heterocycles. The highest BCUT2D eigenvalue weighted by atomic mass is 32.1. The number of aromatic nitrogens is 3. The maximum atomic E-state index is 12.5. The van der Waals surface area contributed by atoms with Gasteiger partial charge in [0.1, 0.15) is 17.2 Å². The molecule has 1 N–H and O–H groups in total. The third kappa shape index (κ3) is 3.92. The second-order valence-corrected chi connectivity index (χ2v) is 7.21. The van der Waals surface area contributed by atoms with Crippen LogP contribution in [0.4, 0.5) is 5.95 Å². The van der Waals surface area contributed by atoms with Crippen molar-refractivity contribution in [2.45, 2.75) is 13.0 Å². The fourth-order valence-electron chi connectivity index (χ4n) is 2.90. The Morgan fingerprint density at radius 1 is 1.07 bits per heavy atom. The van der Waals surface area contributed by atoms with E-state index in [0.717, 1.165) is 17.0 Å². The van der Waals surface area contributed by atoms with Gasteiger partial charge in [0.25, 0.3) is 11.9 Å². The lowest BCUT2D eigenvalue weighted by Gasteiger charge is -2.13. The Bertz CT molecular complexity index is 1170. The van der Waals surface area contributed by atoms with Crippen LogP contribution in [0.1, 0.15) is 6.92 Å². The van der Waals surface area contributed by atoms with Crippen molar-refractivity contribution in [3.05, 3.63) is 53.9 Å². The van der Waals surface area contributed by atoms with Gasteiger partial charge < -0.3 is 14.2 Å². The zero-order chi connectivity index (χ0) is 21.1. The van der Waals surface area contributed by atoms with E-state index < -0.39 is 6.10 Å². The van der Waals surface area contributed by atoms with Crippen LogP contribution in [0.3, 0.4) is 0 Å². The van der Waals surface area contributed by atoms with Gasteiger partial charge in [0.2, 0.25) is 4.96 Å². The summed E-state index contributed by atoms with van der Waals surface area (Å²) in [6.07, 6.45) is -0.728. The number of para-hydroxylation sites is 1. The number of nitrogens with one attached hydrogen (secondary N) is 1. The number of hydrogen-bond donors (Lipinski definition) is 1. The van der Waals surface area contributed by atoms with Gasteiger partial charge in [-0.1, -0.05) is 12.1 Å². The first-order chi connectivity index (χ1) is 14.6. The Kier molecular flexibility index (Phi) is 5.53. The van der Waals surface area contributed by atoms with Gasteiger partial charge in [0, 0.05) is 10.9 Å². The van der Waals surface area contributed by atoms with Crippen LogP contribution in [-0.2, 0) is 4.79 Å². The molecule has 8 nitrogen and oxygen atoms in total. The van der Waals surface area contributed by atoms with Gasteiger partial charge in [0.05, 0.1) is 19.9 Å². The molecule has 1 atom stereocenters. The van der Waals surface area contributed by atoms with E-state index in [1.54, 1.807) is 49.9 Å². The Morgan fingerprint density at radius 2 is 1.80 bits per heavy atom. The standard InChI is InChI=1S/C21H20N4O4S/c1-13(29-15-10-8-14(27-2)9-11-15)19(26)22-20-23-21-25(24-20)17(12-30-21)16-6-4-5-7-18(16)28-3/h4-13H,1-3H3,(H,22,24,26). The molecule has 0 saturated carbocycles. The minimum absolute atomic E-state index is 0.216. The normalized spacial score (nSPS) is 11.8. The van der Waals surface area contributed by atoms with Crippen molar-refractivity contribution in [2.24, 2.45) is 0 Å². The van der Waals surface area contributed by atoms with E-state index in [0.29, 0.717) is 16.5 Å². The van der Waals surface area contributed by atoms with Crippen molar-refractivity contribution in [1.29, 1.82) is 0 Å². The van der Waals surface area contributed by atoms with Crippen molar-refractivity contribution in [2.75, 3.05) is 19.5 Å². The molecule has 2 heterocycles. The van der Waals surface area contributed by atoms with Crippen LogP contribution in [0.15, 0.2) is 53.9 Å². The van der Waals surface area contributed by atoms with Gasteiger partial charge in [0.15, 0.2) is 6.10 Å². The Hall–Kier alpha value is -3.59. The molecule has 0 aliphatic rings. The van der Waals surface area contributed by atoms with Crippen molar-refractivity contribution in [1.82, 2.24) is 14.6 Å². The summed E-state index contributed by atoms with van der Waals surface area (Å²) in [5.41, 5.74) is 1.73. The predicted molar refractivity (Wildman–Crippen MR) is 115 cm³/mol. The summed E-state index contributed by atoms with van der Waals surface area (Å²) in [7, 11) is 3.22. The summed E-state index contributed by atoms with van der Waals surface area (Å²) in [6.45, 7) is 1.66. The molecule has 0 fully saturated rings. The maximum Gasteiger partial charge on any atom is 0.267 e. The molecule has 1 amide bonds. The largest absolute Gasteiger partial charge is 0.497 e. The lowest BCUT2D eigenvalue weighted by Crippen LogP contribution is -2.30. The molecule has 0 saturated heterocycles. The molecule has 2 aromatic carbocycles. The number of rotatable bonds is 7. The molecule has 0 radical (unpaired) electrons. The van der Waals surface area contributed by atoms with Gasteiger partial charge >= 0.3 is 0 Å². The van der Waals surface area contributed by atoms with Crippen molar-refractivity contribution in [3.63, 3.8) is 0 Å². The van der Waals surface area contributed by atoms with Crippen LogP contribution in [0, 0.1) is 0 Å². The molecular weight excluding hydrogens is 404 g/mol. The molecule has 0 aliphatic heterocycles. The lowest BCUT2D eigenvalue weighted by atomic mass is 10.1. The van der Waals surface area contributed by atoms with Crippen LogP contribution in [0.2, 0.25) is 0 Å². The minimum atomic E-state index is -0.728. The number of carbonyl (C=O) groups is 1. The Labute approximate surface area is 177 Å². The molecule has 4 aromatic rings. The van der Waals surface area contributed by atoms with Crippen molar-refractivity contribution < 1.29 is 19.0 Å². The molecule has 30 heavy (non-hydrogen) atoms. The van der Waals surface area contributed by atoms with Crippen LogP contribution < -0.4 is 19.5 Å². The number of hydrogen-bond acceptors (Lipinski definition) is 7. The summed E-state index contributed by atoms with van der Waals surface area (Å²) in [5, 5.41) is 9.10. The van der Waals surface area contributed by atoms with Gasteiger partial charge in [-0.3, -0.25) is 10.1 Å². The first-order valence-electron chi connectivity index (χ1n) is 9.18. The number of fused-ring (bicyclic) bond motifs is 1. The number of nitrogens with zero attached hydrogens (tertiary/aromatic N) is 3. The summed E-state index contributed by atoms with van der Waals surface area (Å²) >= 11 is 1.43. The molecule has 0 spiro atoms. The van der Waals surface area contributed by atoms with E-state index in [-0.39, 0.29) is 11.9 Å². The number of anilines is 1. The third-order valence-electron chi connectivity index (χ3n) is 4.44. The molecule has 154 valence electrons. The fourth-order valence-corrected chi connectivity index (χ4v) is 3.72. The summed E-state index contributed by atoms with van der Waals surface area (Å²) in [6, 6.07) is 14.7. The lowest BCUT2D eigenvalue weighted by molar-refractivity contribution is -0.122. The van der Waals surface area contributed by atoms with E-state index in [1.807, 2.05) is 29.6 Å². The smallest absolute Gasteiger partial charge is 0.267 e. The van der Waals surface area contributed by atoms with E-state index >= 15 is 0 Å². The van der Waals surface area contributed by atoms with Crippen LogP contribution in [0.25, 0.3) is 16.2 Å². The summed E-state index contributed by atoms with van der Waals surface area (Å²) in [4.78, 5) is 17.6. The zero-order valence-electron chi connectivity index (χ0n) is 16.7. The number of benzene rings is 2. The maximum absolute atomic E-state index is 12.5. The van der Waals surface area contributed by atoms with Gasteiger partial charge in [-0.15, -0.1) is 16.4 Å². The summed E-state index contributed by atoms with van der Waals surface area (Å²) < 4.78 is 17.9. The monoisotopic (exact) mass is 424 g/mol.